The molecule has 2 unspecified atom stereocenters. The van der Waals surface area contributed by atoms with E-state index in [-0.39, 0.29) is 6.03 Å². The van der Waals surface area contributed by atoms with Crippen LogP contribution in [0.1, 0.15) is 25.7 Å². The van der Waals surface area contributed by atoms with E-state index in [1.54, 1.807) is 0 Å². The first-order valence-electron chi connectivity index (χ1n) is 8.24. The van der Waals surface area contributed by atoms with E-state index in [0.29, 0.717) is 22.8 Å². The number of hydrogen-bond donors (Lipinski definition) is 1. The number of aromatic nitrogens is 2. The number of benzene rings is 1. The van der Waals surface area contributed by atoms with Gasteiger partial charge in [0.2, 0.25) is 5.13 Å². The molecule has 1 aliphatic heterocycles. The standard InChI is InChI=1S/C17H20N4OS/c22-17(21-10-13-8-4-5-9-14(13)11-21)19-16-18-15(20-23-16)12-6-2-1-3-7-12/h1-3,6-7,13-14H,4-5,8-11H2,(H,18,19,20,22). The third kappa shape index (κ3) is 3.08. The van der Waals surface area contributed by atoms with Crippen LogP contribution in [0.25, 0.3) is 11.4 Å². The first-order valence-corrected chi connectivity index (χ1v) is 9.02. The first-order chi connectivity index (χ1) is 11.3. The Morgan fingerprint density at radius 2 is 1.83 bits per heavy atom. The molecular weight excluding hydrogens is 308 g/mol. The van der Waals surface area contributed by atoms with Crippen LogP contribution in [0.3, 0.4) is 0 Å². The third-order valence-corrected chi connectivity index (χ3v) is 5.57. The Labute approximate surface area is 139 Å². The summed E-state index contributed by atoms with van der Waals surface area (Å²) in [7, 11) is 0. The van der Waals surface area contributed by atoms with Crippen molar-refractivity contribution in [3.05, 3.63) is 30.3 Å². The molecule has 120 valence electrons. The van der Waals surface area contributed by atoms with Gasteiger partial charge < -0.3 is 4.90 Å². The van der Waals surface area contributed by atoms with Crippen molar-refractivity contribution in [3.63, 3.8) is 0 Å². The number of anilines is 1. The van der Waals surface area contributed by atoms with Gasteiger partial charge in [-0.1, -0.05) is 43.2 Å². The summed E-state index contributed by atoms with van der Waals surface area (Å²) in [6.45, 7) is 1.78. The van der Waals surface area contributed by atoms with E-state index in [9.17, 15) is 4.79 Å². The predicted octanol–water partition coefficient (Wildman–Crippen LogP) is 3.86. The summed E-state index contributed by atoms with van der Waals surface area (Å²) in [5, 5.41) is 3.49. The molecule has 2 amide bonds. The summed E-state index contributed by atoms with van der Waals surface area (Å²) >= 11 is 1.24. The van der Waals surface area contributed by atoms with Crippen LogP contribution in [-0.4, -0.2) is 33.4 Å². The van der Waals surface area contributed by atoms with Crippen LogP contribution in [-0.2, 0) is 0 Å². The van der Waals surface area contributed by atoms with Crippen molar-refractivity contribution in [3.8, 4) is 11.4 Å². The highest BCUT2D eigenvalue weighted by Crippen LogP contribution is 2.36. The van der Waals surface area contributed by atoms with Gasteiger partial charge in [-0.2, -0.15) is 9.36 Å². The fourth-order valence-electron chi connectivity index (χ4n) is 3.72. The highest BCUT2D eigenvalue weighted by molar-refractivity contribution is 7.10. The molecular formula is C17H20N4OS. The van der Waals surface area contributed by atoms with Gasteiger partial charge in [-0.25, -0.2) is 4.79 Å². The molecule has 1 aromatic carbocycles. The summed E-state index contributed by atoms with van der Waals surface area (Å²) in [6, 6.07) is 9.79. The van der Waals surface area contributed by atoms with Gasteiger partial charge in [-0.15, -0.1) is 0 Å². The van der Waals surface area contributed by atoms with E-state index in [2.05, 4.69) is 14.7 Å². The Balaban J connectivity index is 1.41. The fraction of sp³-hybridized carbons (Fsp3) is 0.471. The number of hydrogen-bond acceptors (Lipinski definition) is 4. The van der Waals surface area contributed by atoms with Gasteiger partial charge in [0.15, 0.2) is 5.82 Å². The Bertz CT molecular complexity index is 673. The number of carbonyl (C=O) groups is 1. The van der Waals surface area contributed by atoms with Crippen molar-refractivity contribution in [1.29, 1.82) is 0 Å². The first kappa shape index (κ1) is 14.6. The SMILES string of the molecule is O=C(Nc1nc(-c2ccccc2)ns1)N1CC2CCCCC2C1. The number of nitrogens with zero attached hydrogens (tertiary/aromatic N) is 3. The van der Waals surface area contributed by atoms with Crippen LogP contribution in [0, 0.1) is 11.8 Å². The van der Waals surface area contributed by atoms with Crippen molar-refractivity contribution in [2.75, 3.05) is 18.4 Å². The van der Waals surface area contributed by atoms with Crippen molar-refractivity contribution >= 4 is 22.7 Å². The number of fused-ring (bicyclic) bond motifs is 1. The normalized spacial score (nSPS) is 23.6. The second-order valence-electron chi connectivity index (χ2n) is 6.43. The summed E-state index contributed by atoms with van der Waals surface area (Å²) in [5.41, 5.74) is 0.969. The van der Waals surface area contributed by atoms with Gasteiger partial charge in [0.1, 0.15) is 0 Å². The molecule has 0 bridgehead atoms. The lowest BCUT2D eigenvalue weighted by molar-refractivity contribution is 0.220. The summed E-state index contributed by atoms with van der Waals surface area (Å²) < 4.78 is 4.34. The molecule has 2 heterocycles. The van der Waals surface area contributed by atoms with Crippen LogP contribution in [0.4, 0.5) is 9.93 Å². The maximum atomic E-state index is 12.5. The second kappa shape index (κ2) is 6.28. The maximum Gasteiger partial charge on any atom is 0.323 e. The molecule has 1 N–H and O–H groups in total. The van der Waals surface area contributed by atoms with Crippen molar-refractivity contribution in [2.24, 2.45) is 11.8 Å². The zero-order valence-electron chi connectivity index (χ0n) is 12.9. The summed E-state index contributed by atoms with van der Waals surface area (Å²) in [4.78, 5) is 18.8. The Kier molecular flexibility index (Phi) is 3.99. The molecule has 2 fully saturated rings. The molecule has 0 radical (unpaired) electrons. The average molecular weight is 328 g/mol. The van der Waals surface area contributed by atoms with Gasteiger partial charge in [-0.3, -0.25) is 5.32 Å². The van der Waals surface area contributed by atoms with Gasteiger partial charge in [0.25, 0.3) is 0 Å². The maximum absolute atomic E-state index is 12.5. The number of likely N-dealkylation sites (tertiary alicyclic amines) is 1. The largest absolute Gasteiger partial charge is 0.324 e. The number of urea groups is 1. The van der Waals surface area contributed by atoms with Crippen LogP contribution < -0.4 is 5.32 Å². The highest BCUT2D eigenvalue weighted by atomic mass is 32.1. The zero-order valence-corrected chi connectivity index (χ0v) is 13.8. The molecule has 23 heavy (non-hydrogen) atoms. The lowest BCUT2D eigenvalue weighted by Gasteiger charge is -2.22. The smallest absolute Gasteiger partial charge is 0.323 e. The molecule has 4 rings (SSSR count). The summed E-state index contributed by atoms with van der Waals surface area (Å²) in [5.74, 6) is 2.06. The van der Waals surface area contributed by atoms with Crippen molar-refractivity contribution < 1.29 is 4.79 Å². The van der Waals surface area contributed by atoms with E-state index in [0.717, 1.165) is 18.7 Å². The lowest BCUT2D eigenvalue weighted by atomic mass is 9.82. The number of carbonyl (C=O) groups excluding carboxylic acids is 1. The fourth-order valence-corrected chi connectivity index (χ4v) is 4.30. The molecule has 1 saturated heterocycles. The molecule has 2 aromatic rings. The molecule has 1 saturated carbocycles. The minimum absolute atomic E-state index is 0.0323. The second-order valence-corrected chi connectivity index (χ2v) is 7.18. The quantitative estimate of drug-likeness (QED) is 0.910. The van der Waals surface area contributed by atoms with E-state index in [4.69, 9.17) is 0 Å². The van der Waals surface area contributed by atoms with E-state index < -0.39 is 0 Å². The van der Waals surface area contributed by atoms with Crippen LogP contribution in [0.5, 0.6) is 0 Å². The molecule has 5 nitrogen and oxygen atoms in total. The molecule has 2 aliphatic rings. The van der Waals surface area contributed by atoms with E-state index in [1.165, 1.54) is 37.2 Å². The van der Waals surface area contributed by atoms with Crippen LogP contribution in [0.2, 0.25) is 0 Å². The van der Waals surface area contributed by atoms with Gasteiger partial charge in [0, 0.05) is 30.2 Å². The zero-order chi connectivity index (χ0) is 15.6. The number of rotatable bonds is 2. The Hall–Kier alpha value is -1.95. The van der Waals surface area contributed by atoms with Gasteiger partial charge in [-0.05, 0) is 24.7 Å². The average Bonchev–Trinajstić information content (AvgIpc) is 3.22. The van der Waals surface area contributed by atoms with Gasteiger partial charge >= 0.3 is 6.03 Å². The number of nitrogens with one attached hydrogen (secondary N) is 1. The minimum atomic E-state index is -0.0323. The summed E-state index contributed by atoms with van der Waals surface area (Å²) in [6.07, 6.45) is 5.16. The molecule has 2 atom stereocenters. The topological polar surface area (TPSA) is 58.1 Å². The number of amides is 2. The van der Waals surface area contributed by atoms with Gasteiger partial charge in [0.05, 0.1) is 0 Å². The molecule has 1 aromatic heterocycles. The lowest BCUT2D eigenvalue weighted by Crippen LogP contribution is -2.33. The van der Waals surface area contributed by atoms with E-state index in [1.807, 2.05) is 35.2 Å². The van der Waals surface area contributed by atoms with Crippen LogP contribution >= 0.6 is 11.5 Å². The predicted molar refractivity (Wildman–Crippen MR) is 91.4 cm³/mol. The van der Waals surface area contributed by atoms with Crippen LogP contribution in [0.15, 0.2) is 30.3 Å². The van der Waals surface area contributed by atoms with Crippen molar-refractivity contribution in [1.82, 2.24) is 14.3 Å². The highest BCUT2D eigenvalue weighted by Gasteiger charge is 2.36. The minimum Gasteiger partial charge on any atom is -0.324 e. The molecule has 1 aliphatic carbocycles. The third-order valence-electron chi connectivity index (χ3n) is 4.94. The molecule has 0 spiro atoms. The molecule has 6 heteroatoms. The Morgan fingerprint density at radius 1 is 1.13 bits per heavy atom. The van der Waals surface area contributed by atoms with Crippen molar-refractivity contribution in [2.45, 2.75) is 25.7 Å². The Morgan fingerprint density at radius 3 is 2.52 bits per heavy atom. The van der Waals surface area contributed by atoms with E-state index >= 15 is 0 Å². The monoisotopic (exact) mass is 328 g/mol.